The normalized spacial score (nSPS) is 25.2. The molecule has 8 nitrogen and oxygen atoms in total. The minimum atomic E-state index is -1.04. The quantitative estimate of drug-likeness (QED) is 0.543. The van der Waals surface area contributed by atoms with Crippen LogP contribution in [0.2, 0.25) is 0 Å². The van der Waals surface area contributed by atoms with Crippen molar-refractivity contribution in [3.8, 4) is 11.5 Å². The predicted molar refractivity (Wildman–Crippen MR) is 104 cm³/mol. The van der Waals surface area contributed by atoms with Gasteiger partial charge >= 0.3 is 5.97 Å². The van der Waals surface area contributed by atoms with E-state index in [-0.39, 0.29) is 11.3 Å². The molecule has 2 N–H and O–H groups in total. The summed E-state index contributed by atoms with van der Waals surface area (Å²) in [6.07, 6.45) is 2.93. The molecule has 2 amide bonds. The van der Waals surface area contributed by atoms with E-state index in [1.54, 1.807) is 38.1 Å². The number of fused-ring (bicyclic) bond motifs is 1. The van der Waals surface area contributed by atoms with Gasteiger partial charge in [0.05, 0.1) is 14.2 Å². The van der Waals surface area contributed by atoms with E-state index in [4.69, 9.17) is 9.47 Å². The van der Waals surface area contributed by atoms with Gasteiger partial charge < -0.3 is 24.8 Å². The number of carbonyl (C=O) groups excluding carboxylic acids is 2. The largest absolute Gasteiger partial charge is 0.493 e. The van der Waals surface area contributed by atoms with Crippen LogP contribution in [0.1, 0.15) is 19.4 Å². The van der Waals surface area contributed by atoms with Crippen LogP contribution in [0.15, 0.2) is 24.3 Å². The van der Waals surface area contributed by atoms with Crippen molar-refractivity contribution in [2.24, 2.45) is 0 Å². The number of nitrogens with zero attached hydrogens (tertiary/aromatic N) is 1. The highest BCUT2D eigenvalue weighted by Gasteiger charge is 2.64. The molecule has 2 heterocycles. The third kappa shape index (κ3) is 3.42. The Morgan fingerprint density at radius 3 is 2.54 bits per heavy atom. The van der Waals surface area contributed by atoms with Crippen LogP contribution < -0.4 is 14.8 Å². The first kappa shape index (κ1) is 20.1. The molecule has 1 aromatic carbocycles. The number of amides is 2. The fourth-order valence-electron chi connectivity index (χ4n) is 3.48. The zero-order valence-corrected chi connectivity index (χ0v) is 16.8. The van der Waals surface area contributed by atoms with E-state index in [1.807, 2.05) is 0 Å². The Bertz CT molecular complexity index is 853. The summed E-state index contributed by atoms with van der Waals surface area (Å²) < 4.78 is 9.77. The lowest BCUT2D eigenvalue weighted by atomic mass is 9.96. The maximum Gasteiger partial charge on any atom is 0.327 e. The molecule has 3 rings (SSSR count). The number of hydrogen-bond donors (Lipinski definition) is 2. The fraction of sp³-hybridized carbons (Fsp3) is 0.421. The highest BCUT2D eigenvalue weighted by Crippen LogP contribution is 2.50. The van der Waals surface area contributed by atoms with E-state index in [0.29, 0.717) is 11.5 Å². The van der Waals surface area contributed by atoms with Crippen LogP contribution in [0.5, 0.6) is 11.5 Å². The van der Waals surface area contributed by atoms with Crippen LogP contribution in [0.25, 0.3) is 6.08 Å². The average molecular weight is 406 g/mol. The highest BCUT2D eigenvalue weighted by molar-refractivity contribution is 8.01. The average Bonchev–Trinajstić information content (AvgIpc) is 2.92. The zero-order valence-electron chi connectivity index (χ0n) is 16.0. The lowest BCUT2D eigenvalue weighted by Crippen LogP contribution is -2.70. The van der Waals surface area contributed by atoms with E-state index in [0.717, 1.165) is 5.56 Å². The molecule has 0 spiro atoms. The second-order valence-electron chi connectivity index (χ2n) is 7.03. The lowest BCUT2D eigenvalue weighted by molar-refractivity contribution is -0.160. The third-order valence-electron chi connectivity index (χ3n) is 4.81. The molecule has 2 aliphatic rings. The Kier molecular flexibility index (Phi) is 5.29. The summed E-state index contributed by atoms with van der Waals surface area (Å²) in [4.78, 5) is 37.5. The molecule has 150 valence electrons. The Balaban J connectivity index is 1.66. The molecule has 2 saturated heterocycles. The number of rotatable bonds is 6. The summed E-state index contributed by atoms with van der Waals surface area (Å²) >= 11 is 1.39. The summed E-state index contributed by atoms with van der Waals surface area (Å²) in [5, 5.41) is 11.7. The fourth-order valence-corrected chi connectivity index (χ4v) is 5.10. The Morgan fingerprint density at radius 2 is 1.93 bits per heavy atom. The number of benzene rings is 1. The summed E-state index contributed by atoms with van der Waals surface area (Å²) in [7, 11) is 3.06. The standard InChI is InChI=1S/C19H22N2O6S/c1-19(2)15(18(24)25)21-16(23)14(17(21)28-19)20-13(22)8-6-10-5-7-11(26-3)12(9-10)27-4/h5-9,14-15,17H,1-4H3,(H,20,22)(H,24,25)/t14-,15+,17-/m1/s1. The van der Waals surface area contributed by atoms with Gasteiger partial charge in [-0.1, -0.05) is 6.07 Å². The highest BCUT2D eigenvalue weighted by atomic mass is 32.2. The molecule has 2 fully saturated rings. The summed E-state index contributed by atoms with van der Waals surface area (Å²) in [6.45, 7) is 3.58. The van der Waals surface area contributed by atoms with Gasteiger partial charge in [0.25, 0.3) is 0 Å². The SMILES string of the molecule is COc1ccc(C=CC(=O)N[C@@H]2C(=O)N3[C@@H]2SC(C)(C)[C@@H]3C(=O)O)cc1OC. The van der Waals surface area contributed by atoms with Crippen molar-refractivity contribution in [2.75, 3.05) is 14.2 Å². The number of ether oxygens (including phenoxy) is 2. The first-order chi connectivity index (χ1) is 13.2. The van der Waals surface area contributed by atoms with Crippen LogP contribution in [-0.4, -0.2) is 64.2 Å². The summed E-state index contributed by atoms with van der Waals surface area (Å²) in [6, 6.07) is 3.61. The van der Waals surface area contributed by atoms with Gasteiger partial charge in [-0.25, -0.2) is 4.79 Å². The number of carbonyl (C=O) groups is 3. The summed E-state index contributed by atoms with van der Waals surface area (Å²) in [5.74, 6) is -0.711. The molecule has 28 heavy (non-hydrogen) atoms. The van der Waals surface area contributed by atoms with Crippen molar-refractivity contribution < 1.29 is 29.0 Å². The van der Waals surface area contributed by atoms with E-state index >= 15 is 0 Å². The molecule has 0 aliphatic carbocycles. The molecule has 0 aromatic heterocycles. The van der Waals surface area contributed by atoms with Crippen LogP contribution in [0, 0.1) is 0 Å². The van der Waals surface area contributed by atoms with Gasteiger partial charge in [-0.05, 0) is 37.6 Å². The van der Waals surface area contributed by atoms with Crippen molar-refractivity contribution in [1.82, 2.24) is 10.2 Å². The first-order valence-electron chi connectivity index (χ1n) is 8.63. The number of thioether (sulfide) groups is 1. The van der Waals surface area contributed by atoms with Gasteiger partial charge in [-0.15, -0.1) is 11.8 Å². The molecule has 2 aliphatic heterocycles. The second-order valence-corrected chi connectivity index (χ2v) is 8.80. The lowest BCUT2D eigenvalue weighted by Gasteiger charge is -2.43. The van der Waals surface area contributed by atoms with E-state index in [2.05, 4.69) is 5.32 Å². The predicted octanol–water partition coefficient (Wildman–Crippen LogP) is 1.35. The molecule has 3 atom stereocenters. The molecule has 1 aromatic rings. The maximum absolute atomic E-state index is 12.4. The van der Waals surface area contributed by atoms with E-state index in [9.17, 15) is 19.5 Å². The summed E-state index contributed by atoms with van der Waals surface area (Å²) in [5.41, 5.74) is 0.733. The Labute approximate surface area is 166 Å². The zero-order chi connectivity index (χ0) is 20.6. The maximum atomic E-state index is 12.4. The van der Waals surface area contributed by atoms with Crippen molar-refractivity contribution in [3.63, 3.8) is 0 Å². The van der Waals surface area contributed by atoms with Crippen molar-refractivity contribution in [1.29, 1.82) is 0 Å². The van der Waals surface area contributed by atoms with Crippen LogP contribution in [-0.2, 0) is 14.4 Å². The minimum Gasteiger partial charge on any atom is -0.493 e. The van der Waals surface area contributed by atoms with Gasteiger partial charge in [0.1, 0.15) is 17.5 Å². The van der Waals surface area contributed by atoms with Crippen LogP contribution in [0.3, 0.4) is 0 Å². The molecule has 0 bridgehead atoms. The number of aliphatic carboxylic acids is 1. The number of nitrogens with one attached hydrogen (secondary N) is 1. The van der Waals surface area contributed by atoms with Gasteiger partial charge in [-0.3, -0.25) is 9.59 Å². The smallest absolute Gasteiger partial charge is 0.327 e. The van der Waals surface area contributed by atoms with Gasteiger partial charge in [-0.2, -0.15) is 0 Å². The Hall–Kier alpha value is -2.68. The molecule has 0 radical (unpaired) electrons. The molecule has 0 unspecified atom stereocenters. The monoisotopic (exact) mass is 406 g/mol. The number of carboxylic acid groups (broad SMARTS) is 1. The number of methoxy groups -OCH3 is 2. The van der Waals surface area contributed by atoms with E-state index < -0.39 is 28.7 Å². The Morgan fingerprint density at radius 1 is 1.25 bits per heavy atom. The minimum absolute atomic E-state index is 0.372. The van der Waals surface area contributed by atoms with E-state index in [1.165, 1.54) is 37.0 Å². The topological polar surface area (TPSA) is 105 Å². The first-order valence-corrected chi connectivity index (χ1v) is 9.51. The van der Waals surface area contributed by atoms with Crippen LogP contribution >= 0.6 is 11.8 Å². The van der Waals surface area contributed by atoms with Gasteiger partial charge in [0.2, 0.25) is 11.8 Å². The van der Waals surface area contributed by atoms with Crippen LogP contribution in [0.4, 0.5) is 0 Å². The van der Waals surface area contributed by atoms with Gasteiger partial charge in [0, 0.05) is 10.8 Å². The van der Waals surface area contributed by atoms with Crippen molar-refractivity contribution in [2.45, 2.75) is 36.1 Å². The molecule has 0 saturated carbocycles. The second kappa shape index (κ2) is 7.38. The third-order valence-corrected chi connectivity index (χ3v) is 6.38. The molecular formula is C19H22N2O6S. The van der Waals surface area contributed by atoms with Crippen molar-refractivity contribution >= 4 is 35.6 Å². The van der Waals surface area contributed by atoms with Gasteiger partial charge in [0.15, 0.2) is 11.5 Å². The number of β-lactam (4-membered cyclic amide) rings is 1. The number of hydrogen-bond acceptors (Lipinski definition) is 6. The van der Waals surface area contributed by atoms with Crippen molar-refractivity contribution in [3.05, 3.63) is 29.8 Å². The molecular weight excluding hydrogens is 384 g/mol. The molecule has 9 heteroatoms. The number of carboxylic acids is 1.